The van der Waals surface area contributed by atoms with Gasteiger partial charge in [-0.3, -0.25) is 0 Å². The Labute approximate surface area is 101 Å². The molecule has 0 atom stereocenters. The van der Waals surface area contributed by atoms with Gasteiger partial charge in [-0.05, 0) is 19.1 Å². The Balaban J connectivity index is 2.60. The molecule has 0 aliphatic carbocycles. The number of halogens is 2. The highest BCUT2D eigenvalue weighted by Gasteiger charge is 2.15. The van der Waals surface area contributed by atoms with Crippen molar-refractivity contribution in [1.82, 2.24) is 9.55 Å². The molecule has 0 fully saturated rings. The van der Waals surface area contributed by atoms with Gasteiger partial charge in [0.2, 0.25) is 0 Å². The van der Waals surface area contributed by atoms with Crippen LogP contribution in [-0.2, 0) is 0 Å². The number of aromatic carboxylic acids is 1. The first-order valence-corrected chi connectivity index (χ1v) is 5.12. The van der Waals surface area contributed by atoms with Crippen LogP contribution in [0.2, 0.25) is 5.02 Å². The van der Waals surface area contributed by atoms with Gasteiger partial charge >= 0.3 is 5.97 Å². The van der Waals surface area contributed by atoms with E-state index in [-0.39, 0.29) is 16.4 Å². The summed E-state index contributed by atoms with van der Waals surface area (Å²) in [7, 11) is 0. The van der Waals surface area contributed by atoms with Gasteiger partial charge in [-0.2, -0.15) is 0 Å². The van der Waals surface area contributed by atoms with E-state index in [0.717, 1.165) is 0 Å². The van der Waals surface area contributed by atoms with Crippen molar-refractivity contribution in [2.45, 2.75) is 6.92 Å². The summed E-state index contributed by atoms with van der Waals surface area (Å²) in [5, 5.41) is 8.78. The Kier molecular flexibility index (Phi) is 2.85. The fourth-order valence-electron chi connectivity index (χ4n) is 1.50. The van der Waals surface area contributed by atoms with E-state index < -0.39 is 11.8 Å². The predicted octanol–water partition coefficient (Wildman–Crippen LogP) is 2.67. The second-order valence-corrected chi connectivity index (χ2v) is 3.83. The van der Waals surface area contributed by atoms with E-state index in [1.807, 2.05) is 0 Å². The standard InChI is InChI=1S/C11H8ClFN2O2/c1-6-14-8(11(16)17)5-15(6)9-4-2-3-7(12)10(9)13/h2-5H,1H3,(H,16,17). The molecule has 0 bridgehead atoms. The van der Waals surface area contributed by atoms with Crippen molar-refractivity contribution in [3.8, 4) is 5.69 Å². The van der Waals surface area contributed by atoms with Gasteiger partial charge in [0.1, 0.15) is 5.82 Å². The number of carbonyl (C=O) groups is 1. The van der Waals surface area contributed by atoms with E-state index in [9.17, 15) is 9.18 Å². The van der Waals surface area contributed by atoms with E-state index in [1.165, 1.54) is 22.9 Å². The van der Waals surface area contributed by atoms with Crippen molar-refractivity contribution in [2.75, 3.05) is 0 Å². The molecule has 1 aromatic carbocycles. The van der Waals surface area contributed by atoms with Gasteiger partial charge in [0.05, 0.1) is 10.7 Å². The Morgan fingerprint density at radius 1 is 1.53 bits per heavy atom. The minimum absolute atomic E-state index is 0.0209. The molecule has 2 rings (SSSR count). The summed E-state index contributed by atoms with van der Waals surface area (Å²) >= 11 is 5.66. The van der Waals surface area contributed by atoms with Crippen molar-refractivity contribution in [3.63, 3.8) is 0 Å². The normalized spacial score (nSPS) is 10.5. The summed E-state index contributed by atoms with van der Waals surface area (Å²) < 4.78 is 15.1. The second kappa shape index (κ2) is 4.18. The fourth-order valence-corrected chi connectivity index (χ4v) is 1.67. The lowest BCUT2D eigenvalue weighted by Gasteiger charge is -2.06. The van der Waals surface area contributed by atoms with Gasteiger partial charge in [0.15, 0.2) is 11.5 Å². The van der Waals surface area contributed by atoms with Gasteiger partial charge in [0.25, 0.3) is 0 Å². The third-order valence-electron chi connectivity index (χ3n) is 2.29. The van der Waals surface area contributed by atoms with Crippen molar-refractivity contribution in [1.29, 1.82) is 0 Å². The summed E-state index contributed by atoms with van der Waals surface area (Å²) in [5.41, 5.74) is 0.0388. The van der Waals surface area contributed by atoms with Gasteiger partial charge in [0, 0.05) is 6.20 Å². The molecule has 6 heteroatoms. The maximum Gasteiger partial charge on any atom is 0.356 e. The third kappa shape index (κ3) is 2.01. The van der Waals surface area contributed by atoms with E-state index in [4.69, 9.17) is 16.7 Å². The van der Waals surface area contributed by atoms with E-state index in [2.05, 4.69) is 4.98 Å². The number of nitrogens with zero attached hydrogens (tertiary/aromatic N) is 2. The molecule has 88 valence electrons. The molecule has 0 saturated carbocycles. The largest absolute Gasteiger partial charge is 0.476 e. The average Bonchev–Trinajstić information content (AvgIpc) is 2.65. The lowest BCUT2D eigenvalue weighted by molar-refractivity contribution is 0.0691. The molecule has 0 aliphatic heterocycles. The Hall–Kier alpha value is -1.88. The monoisotopic (exact) mass is 254 g/mol. The summed E-state index contributed by atoms with van der Waals surface area (Å²) in [5.74, 6) is -1.38. The molecule has 0 radical (unpaired) electrons. The fraction of sp³-hybridized carbons (Fsp3) is 0.0909. The SMILES string of the molecule is Cc1nc(C(=O)O)cn1-c1cccc(Cl)c1F. The summed E-state index contributed by atoms with van der Waals surface area (Å²) in [4.78, 5) is 14.6. The van der Waals surface area contributed by atoms with Crippen LogP contribution in [0.1, 0.15) is 16.3 Å². The zero-order valence-electron chi connectivity index (χ0n) is 8.82. The highest BCUT2D eigenvalue weighted by molar-refractivity contribution is 6.30. The molecule has 2 aromatic rings. The average molecular weight is 255 g/mol. The minimum Gasteiger partial charge on any atom is -0.476 e. The molecule has 0 saturated heterocycles. The van der Waals surface area contributed by atoms with Crippen LogP contribution in [0, 0.1) is 12.7 Å². The first-order chi connectivity index (χ1) is 8.00. The molecular formula is C11H8ClFN2O2. The van der Waals surface area contributed by atoms with Crippen LogP contribution >= 0.6 is 11.6 Å². The Morgan fingerprint density at radius 2 is 2.24 bits per heavy atom. The number of carboxylic acid groups (broad SMARTS) is 1. The van der Waals surface area contributed by atoms with Crippen molar-refractivity contribution < 1.29 is 14.3 Å². The van der Waals surface area contributed by atoms with Crippen LogP contribution in [0.3, 0.4) is 0 Å². The molecule has 4 nitrogen and oxygen atoms in total. The maximum absolute atomic E-state index is 13.7. The maximum atomic E-state index is 13.7. The first-order valence-electron chi connectivity index (χ1n) is 4.74. The number of hydrogen-bond donors (Lipinski definition) is 1. The van der Waals surface area contributed by atoms with Crippen molar-refractivity contribution in [2.24, 2.45) is 0 Å². The van der Waals surface area contributed by atoms with E-state index in [0.29, 0.717) is 5.82 Å². The molecular weight excluding hydrogens is 247 g/mol. The molecule has 17 heavy (non-hydrogen) atoms. The molecule has 1 heterocycles. The number of rotatable bonds is 2. The number of benzene rings is 1. The van der Waals surface area contributed by atoms with Crippen molar-refractivity contribution in [3.05, 3.63) is 46.8 Å². The van der Waals surface area contributed by atoms with Crippen LogP contribution in [-0.4, -0.2) is 20.6 Å². The van der Waals surface area contributed by atoms with Crippen LogP contribution in [0.15, 0.2) is 24.4 Å². The van der Waals surface area contributed by atoms with Crippen molar-refractivity contribution >= 4 is 17.6 Å². The quantitative estimate of drug-likeness (QED) is 0.896. The topological polar surface area (TPSA) is 55.1 Å². The highest BCUT2D eigenvalue weighted by atomic mass is 35.5. The van der Waals surface area contributed by atoms with Gasteiger partial charge < -0.3 is 9.67 Å². The van der Waals surface area contributed by atoms with Gasteiger partial charge in [-0.25, -0.2) is 14.2 Å². The third-order valence-corrected chi connectivity index (χ3v) is 2.58. The lowest BCUT2D eigenvalue weighted by atomic mass is 10.3. The zero-order chi connectivity index (χ0) is 12.6. The van der Waals surface area contributed by atoms with E-state index in [1.54, 1.807) is 13.0 Å². The Bertz CT molecular complexity index is 595. The van der Waals surface area contributed by atoms with E-state index >= 15 is 0 Å². The number of carboxylic acids is 1. The molecule has 1 aromatic heterocycles. The number of hydrogen-bond acceptors (Lipinski definition) is 2. The lowest BCUT2D eigenvalue weighted by Crippen LogP contribution is -1.99. The van der Waals surface area contributed by atoms with Gasteiger partial charge in [-0.15, -0.1) is 0 Å². The number of aromatic nitrogens is 2. The summed E-state index contributed by atoms with van der Waals surface area (Å²) in [6, 6.07) is 4.51. The number of imidazole rings is 1. The zero-order valence-corrected chi connectivity index (χ0v) is 9.57. The molecule has 0 spiro atoms. The Morgan fingerprint density at radius 3 is 2.82 bits per heavy atom. The van der Waals surface area contributed by atoms with Crippen LogP contribution in [0.25, 0.3) is 5.69 Å². The van der Waals surface area contributed by atoms with Crippen LogP contribution < -0.4 is 0 Å². The molecule has 1 N–H and O–H groups in total. The smallest absolute Gasteiger partial charge is 0.356 e. The molecule has 0 unspecified atom stereocenters. The summed E-state index contributed by atoms with van der Waals surface area (Å²) in [6.45, 7) is 1.59. The second-order valence-electron chi connectivity index (χ2n) is 3.42. The van der Waals surface area contributed by atoms with Crippen LogP contribution in [0.4, 0.5) is 4.39 Å². The van der Waals surface area contributed by atoms with Crippen LogP contribution in [0.5, 0.6) is 0 Å². The minimum atomic E-state index is -1.16. The first kappa shape index (κ1) is 11.6. The highest BCUT2D eigenvalue weighted by Crippen LogP contribution is 2.22. The molecule has 0 aliphatic rings. The summed E-state index contributed by atoms with van der Waals surface area (Å²) in [6.07, 6.45) is 1.26. The predicted molar refractivity (Wildman–Crippen MR) is 60.2 cm³/mol. The molecule has 0 amide bonds. The number of aryl methyl sites for hydroxylation is 1. The van der Waals surface area contributed by atoms with Gasteiger partial charge in [-0.1, -0.05) is 17.7 Å².